The first-order chi connectivity index (χ1) is 10.6. The first-order valence-electron chi connectivity index (χ1n) is 7.11. The smallest absolute Gasteiger partial charge is 0.251 e. The van der Waals surface area contributed by atoms with Gasteiger partial charge in [0.15, 0.2) is 0 Å². The summed E-state index contributed by atoms with van der Waals surface area (Å²) in [6, 6.07) is 13.1. The number of nitrogens with two attached hydrogens (primary N) is 1. The lowest BCUT2D eigenvalue weighted by molar-refractivity contribution is 0.0950. The number of nitrogens with one attached hydrogen (secondary N) is 1. The number of nitrogens with zero attached hydrogens (tertiary/aromatic N) is 2. The van der Waals surface area contributed by atoms with Crippen LogP contribution >= 0.6 is 0 Å². The molecule has 0 atom stereocenters. The SMILES string of the molecule is Cc1cc2c(cc(CNC(=O)c3ccccc3)n2C)nc1N. The third-order valence-electron chi connectivity index (χ3n) is 3.82. The minimum Gasteiger partial charge on any atom is -0.383 e. The quantitative estimate of drug-likeness (QED) is 0.779. The van der Waals surface area contributed by atoms with Crippen LogP contribution in [0.2, 0.25) is 0 Å². The third kappa shape index (κ3) is 2.53. The van der Waals surface area contributed by atoms with Crippen LogP contribution < -0.4 is 11.1 Å². The van der Waals surface area contributed by atoms with Gasteiger partial charge in [-0.25, -0.2) is 4.98 Å². The largest absolute Gasteiger partial charge is 0.383 e. The van der Waals surface area contributed by atoms with Crippen molar-refractivity contribution >= 4 is 22.8 Å². The highest BCUT2D eigenvalue weighted by Crippen LogP contribution is 2.21. The molecule has 3 N–H and O–H groups in total. The molecule has 0 saturated carbocycles. The minimum absolute atomic E-state index is 0.0884. The molecule has 0 unspecified atom stereocenters. The first kappa shape index (κ1) is 14.1. The second-order valence-electron chi connectivity index (χ2n) is 5.34. The molecule has 1 aromatic carbocycles. The lowest BCUT2D eigenvalue weighted by Gasteiger charge is -2.07. The number of hydrogen-bond acceptors (Lipinski definition) is 3. The number of aromatic nitrogens is 2. The Hall–Kier alpha value is -2.82. The van der Waals surface area contributed by atoms with Gasteiger partial charge >= 0.3 is 0 Å². The Balaban J connectivity index is 1.83. The molecule has 0 radical (unpaired) electrons. The summed E-state index contributed by atoms with van der Waals surface area (Å²) in [5.41, 5.74) is 10.3. The fourth-order valence-corrected chi connectivity index (χ4v) is 2.44. The van der Waals surface area contributed by atoms with Crippen LogP contribution in [0.4, 0.5) is 5.82 Å². The zero-order chi connectivity index (χ0) is 15.7. The molecule has 3 aromatic rings. The molecule has 3 rings (SSSR count). The predicted molar refractivity (Wildman–Crippen MR) is 87.5 cm³/mol. The number of hydrogen-bond donors (Lipinski definition) is 2. The number of carbonyl (C=O) groups excluding carboxylic acids is 1. The van der Waals surface area contributed by atoms with E-state index in [1.807, 2.05) is 48.9 Å². The summed E-state index contributed by atoms with van der Waals surface area (Å²) >= 11 is 0. The van der Waals surface area contributed by atoms with Gasteiger partial charge in [0.25, 0.3) is 5.91 Å². The van der Waals surface area contributed by atoms with Crippen LogP contribution in [0.1, 0.15) is 21.6 Å². The molecule has 1 amide bonds. The van der Waals surface area contributed by atoms with Crippen LogP contribution in [-0.2, 0) is 13.6 Å². The number of fused-ring (bicyclic) bond motifs is 1. The van der Waals surface area contributed by atoms with Gasteiger partial charge in [0, 0.05) is 18.3 Å². The molecule has 0 bridgehead atoms. The number of benzene rings is 1. The van der Waals surface area contributed by atoms with Crippen LogP contribution in [0.15, 0.2) is 42.5 Å². The fourth-order valence-electron chi connectivity index (χ4n) is 2.44. The summed E-state index contributed by atoms with van der Waals surface area (Å²) < 4.78 is 2.03. The maximum Gasteiger partial charge on any atom is 0.251 e. The summed E-state index contributed by atoms with van der Waals surface area (Å²) in [7, 11) is 1.96. The maximum absolute atomic E-state index is 12.1. The Labute approximate surface area is 128 Å². The summed E-state index contributed by atoms with van der Waals surface area (Å²) in [5.74, 6) is 0.451. The second-order valence-corrected chi connectivity index (χ2v) is 5.34. The normalized spacial score (nSPS) is 10.8. The standard InChI is InChI=1S/C17H18N4O/c1-11-8-15-14(20-16(11)18)9-13(21(15)2)10-19-17(22)12-6-4-3-5-7-12/h3-9H,10H2,1-2H3,(H2,18,20)(H,19,22). The van der Waals surface area contributed by atoms with Gasteiger partial charge in [-0.05, 0) is 36.8 Å². The van der Waals surface area contributed by atoms with Crippen LogP contribution in [0, 0.1) is 6.92 Å². The van der Waals surface area contributed by atoms with E-state index in [2.05, 4.69) is 10.3 Å². The topological polar surface area (TPSA) is 72.9 Å². The number of amides is 1. The van der Waals surface area contributed by atoms with Crippen molar-refractivity contribution in [2.24, 2.45) is 7.05 Å². The van der Waals surface area contributed by atoms with Gasteiger partial charge < -0.3 is 15.6 Å². The molecule has 22 heavy (non-hydrogen) atoms. The van der Waals surface area contributed by atoms with Gasteiger partial charge in [-0.3, -0.25) is 4.79 Å². The van der Waals surface area contributed by atoms with Crippen LogP contribution in [0.25, 0.3) is 11.0 Å². The van der Waals surface area contributed by atoms with Gasteiger partial charge in [0.2, 0.25) is 0 Å². The zero-order valence-electron chi connectivity index (χ0n) is 12.6. The van der Waals surface area contributed by atoms with Crippen molar-refractivity contribution in [2.75, 3.05) is 5.73 Å². The summed E-state index contributed by atoms with van der Waals surface area (Å²) in [4.78, 5) is 16.5. The molecule has 2 heterocycles. The summed E-state index contributed by atoms with van der Waals surface area (Å²) in [6.07, 6.45) is 0. The molecular formula is C17H18N4O. The molecule has 0 aliphatic carbocycles. The molecule has 0 saturated heterocycles. The molecule has 5 heteroatoms. The lowest BCUT2D eigenvalue weighted by atomic mass is 10.2. The van der Waals surface area contributed by atoms with Crippen molar-refractivity contribution in [2.45, 2.75) is 13.5 Å². The number of anilines is 1. The second kappa shape index (κ2) is 5.52. The van der Waals surface area contributed by atoms with Crippen molar-refractivity contribution in [1.82, 2.24) is 14.9 Å². The van der Waals surface area contributed by atoms with Gasteiger partial charge in [-0.2, -0.15) is 0 Å². The van der Waals surface area contributed by atoms with Gasteiger partial charge in [0.05, 0.1) is 17.6 Å². The van der Waals surface area contributed by atoms with E-state index in [1.165, 1.54) is 0 Å². The average molecular weight is 294 g/mol. The van der Waals surface area contributed by atoms with Crippen molar-refractivity contribution in [3.8, 4) is 0 Å². The fraction of sp³-hybridized carbons (Fsp3) is 0.176. The lowest BCUT2D eigenvalue weighted by Crippen LogP contribution is -2.23. The Morgan fingerprint density at radius 1 is 1.27 bits per heavy atom. The van der Waals surface area contributed by atoms with E-state index in [0.717, 1.165) is 22.3 Å². The van der Waals surface area contributed by atoms with Crippen molar-refractivity contribution in [1.29, 1.82) is 0 Å². The molecule has 112 valence electrons. The van der Waals surface area contributed by atoms with Gasteiger partial charge in [-0.1, -0.05) is 18.2 Å². The minimum atomic E-state index is -0.0884. The number of rotatable bonds is 3. The third-order valence-corrected chi connectivity index (χ3v) is 3.82. The molecular weight excluding hydrogens is 276 g/mol. The highest BCUT2D eigenvalue weighted by atomic mass is 16.1. The highest BCUT2D eigenvalue weighted by molar-refractivity contribution is 5.94. The zero-order valence-corrected chi connectivity index (χ0v) is 12.6. The van der Waals surface area contributed by atoms with E-state index >= 15 is 0 Å². The highest BCUT2D eigenvalue weighted by Gasteiger charge is 2.10. The van der Waals surface area contributed by atoms with Crippen molar-refractivity contribution < 1.29 is 4.79 Å². The van der Waals surface area contributed by atoms with Crippen LogP contribution in [-0.4, -0.2) is 15.5 Å². The molecule has 0 spiro atoms. The van der Waals surface area contributed by atoms with E-state index in [-0.39, 0.29) is 5.91 Å². The van der Waals surface area contributed by atoms with E-state index < -0.39 is 0 Å². The van der Waals surface area contributed by atoms with Gasteiger partial charge in [0.1, 0.15) is 5.82 Å². The predicted octanol–water partition coefficient (Wildman–Crippen LogP) is 2.39. The average Bonchev–Trinajstić information content (AvgIpc) is 2.82. The van der Waals surface area contributed by atoms with Crippen molar-refractivity contribution in [3.05, 3.63) is 59.3 Å². The van der Waals surface area contributed by atoms with E-state index in [9.17, 15) is 4.79 Å². The van der Waals surface area contributed by atoms with Crippen molar-refractivity contribution in [3.63, 3.8) is 0 Å². The molecule has 2 aromatic heterocycles. The number of carbonyl (C=O) groups is 1. The summed E-state index contributed by atoms with van der Waals surface area (Å²) in [6.45, 7) is 2.38. The molecule has 5 nitrogen and oxygen atoms in total. The van der Waals surface area contributed by atoms with E-state index in [0.29, 0.717) is 17.9 Å². The first-order valence-corrected chi connectivity index (χ1v) is 7.11. The Morgan fingerprint density at radius 2 is 2.00 bits per heavy atom. The maximum atomic E-state index is 12.1. The number of aryl methyl sites for hydroxylation is 2. The Bertz CT molecular complexity index is 837. The summed E-state index contributed by atoms with van der Waals surface area (Å²) in [5, 5.41) is 2.93. The molecule has 0 aliphatic heterocycles. The number of pyridine rings is 1. The monoisotopic (exact) mass is 294 g/mol. The Kier molecular flexibility index (Phi) is 3.55. The van der Waals surface area contributed by atoms with Crippen LogP contribution in [0.5, 0.6) is 0 Å². The Morgan fingerprint density at radius 3 is 2.73 bits per heavy atom. The van der Waals surface area contributed by atoms with Gasteiger partial charge in [-0.15, -0.1) is 0 Å². The number of nitrogen functional groups attached to an aromatic ring is 1. The van der Waals surface area contributed by atoms with E-state index in [1.54, 1.807) is 12.1 Å². The van der Waals surface area contributed by atoms with E-state index in [4.69, 9.17) is 5.73 Å². The molecule has 0 aliphatic rings. The van der Waals surface area contributed by atoms with Crippen LogP contribution in [0.3, 0.4) is 0 Å². The molecule has 0 fully saturated rings.